The number of aromatic nitrogens is 2. The Morgan fingerprint density at radius 1 is 1.14 bits per heavy atom. The molecule has 0 bridgehead atoms. The SMILES string of the molecule is CCOC(=O)N1CCN(c2cc(=O)n(C)c(=O)n2Cc2ccccc2Br)CC1. The molecule has 1 fully saturated rings. The third kappa shape index (κ3) is 4.14. The molecule has 0 spiro atoms. The molecule has 0 aliphatic carbocycles. The van der Waals surface area contributed by atoms with Gasteiger partial charge in [0.1, 0.15) is 5.82 Å². The fourth-order valence-corrected chi connectivity index (χ4v) is 3.61. The highest BCUT2D eigenvalue weighted by Crippen LogP contribution is 2.20. The summed E-state index contributed by atoms with van der Waals surface area (Å²) in [5.41, 5.74) is 0.219. The van der Waals surface area contributed by atoms with E-state index in [4.69, 9.17) is 4.74 Å². The monoisotopic (exact) mass is 450 g/mol. The van der Waals surface area contributed by atoms with Crippen LogP contribution in [-0.4, -0.2) is 52.9 Å². The van der Waals surface area contributed by atoms with E-state index < -0.39 is 0 Å². The number of amides is 1. The summed E-state index contributed by atoms with van der Waals surface area (Å²) in [6, 6.07) is 9.15. The van der Waals surface area contributed by atoms with Crippen molar-refractivity contribution in [2.45, 2.75) is 13.5 Å². The minimum absolute atomic E-state index is 0.333. The standard InChI is InChI=1S/C19H23BrN4O4/c1-3-28-19(27)23-10-8-22(9-11-23)16-12-17(25)21(2)18(26)24(16)13-14-6-4-5-7-15(14)20/h4-7,12H,3,8-11,13H2,1-2H3. The molecular weight excluding hydrogens is 428 g/mol. The molecule has 1 amide bonds. The van der Waals surface area contributed by atoms with Gasteiger partial charge in [-0.3, -0.25) is 13.9 Å². The summed E-state index contributed by atoms with van der Waals surface area (Å²) in [5, 5.41) is 0. The van der Waals surface area contributed by atoms with Crippen molar-refractivity contribution in [1.29, 1.82) is 0 Å². The molecule has 2 aromatic rings. The maximum absolute atomic E-state index is 12.8. The Hall–Kier alpha value is -2.55. The van der Waals surface area contributed by atoms with Gasteiger partial charge in [-0.1, -0.05) is 34.1 Å². The molecule has 3 rings (SSSR count). The highest BCUT2D eigenvalue weighted by atomic mass is 79.9. The Morgan fingerprint density at radius 3 is 2.46 bits per heavy atom. The lowest BCUT2D eigenvalue weighted by atomic mass is 10.2. The van der Waals surface area contributed by atoms with Crippen LogP contribution >= 0.6 is 15.9 Å². The van der Waals surface area contributed by atoms with Crippen LogP contribution in [0.3, 0.4) is 0 Å². The summed E-state index contributed by atoms with van der Waals surface area (Å²) in [4.78, 5) is 40.6. The van der Waals surface area contributed by atoms with E-state index in [0.717, 1.165) is 14.6 Å². The molecule has 1 saturated heterocycles. The normalized spacial score (nSPS) is 14.2. The van der Waals surface area contributed by atoms with E-state index in [1.807, 2.05) is 29.2 Å². The topological polar surface area (TPSA) is 76.8 Å². The maximum Gasteiger partial charge on any atom is 0.409 e. The van der Waals surface area contributed by atoms with Crippen molar-refractivity contribution < 1.29 is 9.53 Å². The number of hydrogen-bond acceptors (Lipinski definition) is 5. The van der Waals surface area contributed by atoms with Gasteiger partial charge >= 0.3 is 11.8 Å². The first-order valence-electron chi connectivity index (χ1n) is 9.13. The first-order valence-corrected chi connectivity index (χ1v) is 9.92. The Morgan fingerprint density at radius 2 is 1.82 bits per heavy atom. The third-order valence-corrected chi connectivity index (χ3v) is 5.57. The van der Waals surface area contributed by atoms with Crippen LogP contribution in [-0.2, 0) is 18.3 Å². The van der Waals surface area contributed by atoms with Gasteiger partial charge < -0.3 is 14.5 Å². The van der Waals surface area contributed by atoms with Gasteiger partial charge in [-0.05, 0) is 18.6 Å². The van der Waals surface area contributed by atoms with Gasteiger partial charge in [0.2, 0.25) is 0 Å². The zero-order valence-corrected chi connectivity index (χ0v) is 17.5. The number of rotatable bonds is 4. The highest BCUT2D eigenvalue weighted by Gasteiger charge is 2.24. The fourth-order valence-electron chi connectivity index (χ4n) is 3.20. The van der Waals surface area contributed by atoms with Crippen LogP contribution < -0.4 is 16.1 Å². The molecule has 8 nitrogen and oxygen atoms in total. The Labute approximate surface area is 171 Å². The van der Waals surface area contributed by atoms with Gasteiger partial charge in [0, 0.05) is 43.8 Å². The number of halogens is 1. The lowest BCUT2D eigenvalue weighted by Crippen LogP contribution is -2.51. The van der Waals surface area contributed by atoms with Crippen molar-refractivity contribution in [3.8, 4) is 0 Å². The number of nitrogens with zero attached hydrogens (tertiary/aromatic N) is 4. The summed E-state index contributed by atoms with van der Waals surface area (Å²) >= 11 is 3.51. The number of benzene rings is 1. The minimum Gasteiger partial charge on any atom is -0.450 e. The van der Waals surface area contributed by atoms with Crippen LogP contribution in [0, 0.1) is 0 Å². The minimum atomic E-state index is -0.369. The number of carbonyl (C=O) groups is 1. The van der Waals surface area contributed by atoms with Gasteiger partial charge in [0.25, 0.3) is 5.56 Å². The number of anilines is 1. The zero-order valence-electron chi connectivity index (χ0n) is 15.9. The number of ether oxygens (including phenoxy) is 1. The predicted octanol–water partition coefficient (Wildman–Crippen LogP) is 1.64. The number of carbonyl (C=O) groups excluding carboxylic acids is 1. The molecule has 0 atom stereocenters. The number of piperazine rings is 1. The average molecular weight is 451 g/mol. The molecule has 1 aromatic carbocycles. The van der Waals surface area contributed by atoms with Crippen molar-refractivity contribution in [2.75, 3.05) is 37.7 Å². The fraction of sp³-hybridized carbons (Fsp3) is 0.421. The molecule has 9 heteroatoms. The van der Waals surface area contributed by atoms with Gasteiger partial charge in [0.15, 0.2) is 0 Å². The predicted molar refractivity (Wildman–Crippen MR) is 110 cm³/mol. The van der Waals surface area contributed by atoms with Crippen LogP contribution in [0.4, 0.5) is 10.6 Å². The van der Waals surface area contributed by atoms with Crippen LogP contribution in [0.1, 0.15) is 12.5 Å². The molecule has 1 aliphatic heterocycles. The zero-order chi connectivity index (χ0) is 20.3. The summed E-state index contributed by atoms with van der Waals surface area (Å²) in [7, 11) is 1.48. The smallest absolute Gasteiger partial charge is 0.409 e. The van der Waals surface area contributed by atoms with Crippen LogP contribution in [0.25, 0.3) is 0 Å². The third-order valence-electron chi connectivity index (χ3n) is 4.79. The van der Waals surface area contributed by atoms with Crippen molar-refractivity contribution in [3.05, 3.63) is 61.2 Å². The second-order valence-corrected chi connectivity index (χ2v) is 7.39. The quantitative estimate of drug-likeness (QED) is 0.707. The molecule has 1 aromatic heterocycles. The summed E-state index contributed by atoms with van der Waals surface area (Å²) in [6.45, 7) is 4.41. The maximum atomic E-state index is 12.8. The molecule has 0 radical (unpaired) electrons. The average Bonchev–Trinajstić information content (AvgIpc) is 2.70. The first-order chi connectivity index (χ1) is 13.4. The molecule has 0 saturated carbocycles. The van der Waals surface area contributed by atoms with Crippen molar-refractivity contribution in [2.24, 2.45) is 7.05 Å². The van der Waals surface area contributed by atoms with Gasteiger partial charge in [0.05, 0.1) is 13.2 Å². The molecule has 28 heavy (non-hydrogen) atoms. The molecular formula is C19H23BrN4O4. The first kappa shape index (κ1) is 20.2. The molecule has 0 N–H and O–H groups in total. The lowest BCUT2D eigenvalue weighted by molar-refractivity contribution is 0.105. The second kappa shape index (κ2) is 8.64. The highest BCUT2D eigenvalue weighted by molar-refractivity contribution is 9.10. The number of hydrogen-bond donors (Lipinski definition) is 0. The summed E-state index contributed by atoms with van der Waals surface area (Å²) in [5.74, 6) is 0.562. The Kier molecular flexibility index (Phi) is 6.23. The van der Waals surface area contributed by atoms with Crippen molar-refractivity contribution >= 4 is 27.8 Å². The van der Waals surface area contributed by atoms with Crippen molar-refractivity contribution in [3.63, 3.8) is 0 Å². The molecule has 150 valence electrons. The van der Waals surface area contributed by atoms with E-state index >= 15 is 0 Å². The van der Waals surface area contributed by atoms with Crippen LogP contribution in [0.15, 0.2) is 44.4 Å². The van der Waals surface area contributed by atoms with Crippen molar-refractivity contribution in [1.82, 2.24) is 14.0 Å². The van der Waals surface area contributed by atoms with Crippen LogP contribution in [0.5, 0.6) is 0 Å². The molecule has 1 aliphatic rings. The largest absolute Gasteiger partial charge is 0.450 e. The van der Waals surface area contributed by atoms with E-state index in [1.54, 1.807) is 16.4 Å². The summed E-state index contributed by atoms with van der Waals surface area (Å²) < 4.78 is 8.65. The Bertz CT molecular complexity index is 977. The van der Waals surface area contributed by atoms with Gasteiger partial charge in [-0.15, -0.1) is 0 Å². The van der Waals surface area contributed by atoms with Gasteiger partial charge in [-0.25, -0.2) is 9.59 Å². The van der Waals surface area contributed by atoms with Gasteiger partial charge in [-0.2, -0.15) is 0 Å². The second-order valence-electron chi connectivity index (χ2n) is 6.53. The Balaban J connectivity index is 1.91. The van der Waals surface area contributed by atoms with E-state index in [-0.39, 0.29) is 17.3 Å². The molecule has 2 heterocycles. The van der Waals surface area contributed by atoms with E-state index in [9.17, 15) is 14.4 Å². The van der Waals surface area contributed by atoms with E-state index in [0.29, 0.717) is 45.1 Å². The lowest BCUT2D eigenvalue weighted by Gasteiger charge is -2.36. The van der Waals surface area contributed by atoms with E-state index in [1.165, 1.54) is 13.1 Å². The van der Waals surface area contributed by atoms with E-state index in [2.05, 4.69) is 15.9 Å². The summed E-state index contributed by atoms with van der Waals surface area (Å²) in [6.07, 6.45) is -0.336. The van der Waals surface area contributed by atoms with Crippen LogP contribution in [0.2, 0.25) is 0 Å². The molecule has 0 unspecified atom stereocenters.